The second-order valence-electron chi connectivity index (χ2n) is 3.35. The van der Waals surface area contributed by atoms with Crippen LogP contribution in [0, 0.1) is 0 Å². The van der Waals surface area contributed by atoms with E-state index in [4.69, 9.17) is 22.2 Å². The lowest BCUT2D eigenvalue weighted by atomic mass is 10.2. The summed E-state index contributed by atoms with van der Waals surface area (Å²) in [6, 6.07) is 5.46. The molecule has 1 aliphatic heterocycles. The molecule has 4 heteroatoms. The summed E-state index contributed by atoms with van der Waals surface area (Å²) >= 11 is 5.82. The highest BCUT2D eigenvalue weighted by atomic mass is 35.5. The molecule has 1 fully saturated rings. The number of hydrogen-bond donors (Lipinski definition) is 1. The molecule has 1 aromatic rings. The molecule has 1 saturated heterocycles. The van der Waals surface area contributed by atoms with Crippen molar-refractivity contribution in [2.75, 3.05) is 23.9 Å². The molecule has 14 heavy (non-hydrogen) atoms. The molecule has 1 aliphatic rings. The van der Waals surface area contributed by atoms with Crippen LogP contribution in [0.25, 0.3) is 0 Å². The molecule has 2 N–H and O–H groups in total. The first-order valence-electron chi connectivity index (χ1n) is 4.73. The molecule has 0 saturated carbocycles. The fraction of sp³-hybridized carbons (Fsp3) is 0.400. The maximum absolute atomic E-state index is 5.85. The molecule has 0 unspecified atom stereocenters. The lowest BCUT2D eigenvalue weighted by Gasteiger charge is -2.28. The second-order valence-corrected chi connectivity index (χ2v) is 3.78. The zero-order chi connectivity index (χ0) is 9.97. The Morgan fingerprint density at radius 1 is 1.36 bits per heavy atom. The van der Waals surface area contributed by atoms with Gasteiger partial charge in [0.2, 0.25) is 0 Å². The number of anilines is 2. The number of hydroxylamine groups is 1. The Kier molecular flexibility index (Phi) is 2.79. The highest BCUT2D eigenvalue weighted by molar-refractivity contribution is 6.31. The summed E-state index contributed by atoms with van der Waals surface area (Å²) < 4.78 is 0. The van der Waals surface area contributed by atoms with Gasteiger partial charge in [-0.15, -0.1) is 0 Å². The van der Waals surface area contributed by atoms with E-state index in [2.05, 4.69) is 0 Å². The van der Waals surface area contributed by atoms with Crippen LogP contribution in [-0.2, 0) is 4.84 Å². The molecule has 0 amide bonds. The van der Waals surface area contributed by atoms with Crippen LogP contribution in [0.4, 0.5) is 11.4 Å². The summed E-state index contributed by atoms with van der Waals surface area (Å²) in [5.74, 6) is 0. The van der Waals surface area contributed by atoms with Crippen LogP contribution in [0.3, 0.4) is 0 Å². The fourth-order valence-corrected chi connectivity index (χ4v) is 1.72. The summed E-state index contributed by atoms with van der Waals surface area (Å²) in [6.45, 7) is 1.66. The molecule has 0 radical (unpaired) electrons. The molecular formula is C10H13ClN2O. The van der Waals surface area contributed by atoms with Crippen LogP contribution < -0.4 is 10.8 Å². The smallest absolute Gasteiger partial charge is 0.0866 e. The molecule has 76 valence electrons. The highest BCUT2D eigenvalue weighted by Crippen LogP contribution is 2.28. The van der Waals surface area contributed by atoms with Crippen molar-refractivity contribution in [3.8, 4) is 0 Å². The van der Waals surface area contributed by atoms with Crippen molar-refractivity contribution in [1.29, 1.82) is 0 Å². The van der Waals surface area contributed by atoms with Crippen molar-refractivity contribution >= 4 is 23.0 Å². The van der Waals surface area contributed by atoms with E-state index in [0.29, 0.717) is 10.7 Å². The Morgan fingerprint density at radius 2 is 2.21 bits per heavy atom. The SMILES string of the molecule is Nc1cc(Cl)ccc1N1CCCCO1. The van der Waals surface area contributed by atoms with Gasteiger partial charge in [0, 0.05) is 11.6 Å². The number of halogens is 1. The Labute approximate surface area is 88.4 Å². The van der Waals surface area contributed by atoms with Crippen molar-refractivity contribution in [3.05, 3.63) is 23.2 Å². The number of hydrogen-bond acceptors (Lipinski definition) is 3. The lowest BCUT2D eigenvalue weighted by Crippen LogP contribution is -2.30. The minimum absolute atomic E-state index is 0.656. The molecule has 1 heterocycles. The average molecular weight is 213 g/mol. The van der Waals surface area contributed by atoms with E-state index >= 15 is 0 Å². The van der Waals surface area contributed by atoms with E-state index in [1.54, 1.807) is 6.07 Å². The van der Waals surface area contributed by atoms with E-state index in [9.17, 15) is 0 Å². The molecule has 0 aromatic heterocycles. The Hall–Kier alpha value is -0.930. The van der Waals surface area contributed by atoms with Crippen LogP contribution in [0.5, 0.6) is 0 Å². The average Bonchev–Trinajstić information content (AvgIpc) is 2.19. The quantitative estimate of drug-likeness (QED) is 0.727. The van der Waals surface area contributed by atoms with E-state index in [1.807, 2.05) is 17.2 Å². The Bertz CT molecular complexity index is 324. The summed E-state index contributed by atoms with van der Waals surface area (Å²) in [6.07, 6.45) is 2.26. The third kappa shape index (κ3) is 1.94. The minimum atomic E-state index is 0.656. The number of benzene rings is 1. The predicted molar refractivity (Wildman–Crippen MR) is 58.4 cm³/mol. The van der Waals surface area contributed by atoms with Gasteiger partial charge >= 0.3 is 0 Å². The van der Waals surface area contributed by atoms with Gasteiger partial charge in [-0.05, 0) is 31.0 Å². The summed E-state index contributed by atoms with van der Waals surface area (Å²) in [4.78, 5) is 5.49. The van der Waals surface area contributed by atoms with Gasteiger partial charge in [0.05, 0.1) is 18.0 Å². The highest BCUT2D eigenvalue weighted by Gasteiger charge is 2.14. The molecule has 0 bridgehead atoms. The number of nitrogens with zero attached hydrogens (tertiary/aromatic N) is 1. The molecular weight excluding hydrogens is 200 g/mol. The maximum atomic E-state index is 5.85. The molecule has 3 nitrogen and oxygen atoms in total. The van der Waals surface area contributed by atoms with Crippen LogP contribution in [-0.4, -0.2) is 13.2 Å². The maximum Gasteiger partial charge on any atom is 0.0866 e. The molecule has 0 atom stereocenters. The van der Waals surface area contributed by atoms with E-state index in [0.717, 1.165) is 31.7 Å². The molecule has 1 aromatic carbocycles. The van der Waals surface area contributed by atoms with Gasteiger partial charge in [-0.1, -0.05) is 11.6 Å². The van der Waals surface area contributed by atoms with Crippen molar-refractivity contribution in [2.24, 2.45) is 0 Å². The van der Waals surface area contributed by atoms with E-state index in [-0.39, 0.29) is 0 Å². The molecule has 0 spiro atoms. The Morgan fingerprint density at radius 3 is 2.86 bits per heavy atom. The molecule has 2 rings (SSSR count). The van der Waals surface area contributed by atoms with Crippen LogP contribution in [0.1, 0.15) is 12.8 Å². The summed E-state index contributed by atoms with van der Waals surface area (Å²) in [7, 11) is 0. The standard InChI is InChI=1S/C10H13ClN2O/c11-8-3-4-10(9(12)7-8)13-5-1-2-6-14-13/h3-4,7H,1-2,5-6,12H2. The summed E-state index contributed by atoms with van der Waals surface area (Å²) in [5, 5.41) is 2.50. The Balaban J connectivity index is 2.22. The lowest BCUT2D eigenvalue weighted by molar-refractivity contribution is 0.0781. The largest absolute Gasteiger partial charge is 0.397 e. The second kappa shape index (κ2) is 4.07. The van der Waals surface area contributed by atoms with Gasteiger partial charge in [-0.2, -0.15) is 0 Å². The van der Waals surface area contributed by atoms with Gasteiger partial charge in [0.15, 0.2) is 0 Å². The van der Waals surface area contributed by atoms with Crippen LogP contribution >= 0.6 is 11.6 Å². The minimum Gasteiger partial charge on any atom is -0.397 e. The normalized spacial score (nSPS) is 17.1. The first-order valence-corrected chi connectivity index (χ1v) is 5.10. The number of nitrogens with two attached hydrogens (primary N) is 1. The summed E-state index contributed by atoms with van der Waals surface area (Å²) in [5.41, 5.74) is 7.42. The first-order chi connectivity index (χ1) is 6.77. The van der Waals surface area contributed by atoms with E-state index in [1.165, 1.54) is 0 Å². The zero-order valence-electron chi connectivity index (χ0n) is 7.87. The number of rotatable bonds is 1. The van der Waals surface area contributed by atoms with E-state index < -0.39 is 0 Å². The zero-order valence-corrected chi connectivity index (χ0v) is 8.63. The van der Waals surface area contributed by atoms with Gasteiger partial charge in [-0.3, -0.25) is 9.90 Å². The van der Waals surface area contributed by atoms with Gasteiger partial charge in [0.1, 0.15) is 0 Å². The third-order valence-electron chi connectivity index (χ3n) is 2.26. The molecule has 0 aliphatic carbocycles. The van der Waals surface area contributed by atoms with Gasteiger partial charge in [-0.25, -0.2) is 0 Å². The van der Waals surface area contributed by atoms with Crippen molar-refractivity contribution in [3.63, 3.8) is 0 Å². The van der Waals surface area contributed by atoms with Crippen LogP contribution in [0.2, 0.25) is 5.02 Å². The van der Waals surface area contributed by atoms with Crippen molar-refractivity contribution in [1.82, 2.24) is 0 Å². The topological polar surface area (TPSA) is 38.5 Å². The van der Waals surface area contributed by atoms with Gasteiger partial charge in [0.25, 0.3) is 0 Å². The number of nitrogen functional groups attached to an aromatic ring is 1. The monoisotopic (exact) mass is 212 g/mol. The third-order valence-corrected chi connectivity index (χ3v) is 2.50. The van der Waals surface area contributed by atoms with Gasteiger partial charge < -0.3 is 5.73 Å². The first kappa shape index (κ1) is 9.62. The van der Waals surface area contributed by atoms with Crippen molar-refractivity contribution < 1.29 is 4.84 Å². The van der Waals surface area contributed by atoms with Crippen LogP contribution in [0.15, 0.2) is 18.2 Å². The van der Waals surface area contributed by atoms with Crippen molar-refractivity contribution in [2.45, 2.75) is 12.8 Å². The predicted octanol–water partition coefficient (Wildman–Crippen LogP) is 2.45. The fourth-order valence-electron chi connectivity index (χ4n) is 1.54.